The van der Waals surface area contributed by atoms with Crippen molar-refractivity contribution in [3.8, 4) is 10.6 Å². The maximum absolute atomic E-state index is 12.5. The molecule has 0 unspecified atom stereocenters. The summed E-state index contributed by atoms with van der Waals surface area (Å²) in [4.78, 5) is 25.9. The van der Waals surface area contributed by atoms with Crippen molar-refractivity contribution in [3.05, 3.63) is 24.3 Å². The van der Waals surface area contributed by atoms with Gasteiger partial charge in [0.1, 0.15) is 11.0 Å². The number of hydrogen-bond donors (Lipinski definition) is 2. The van der Waals surface area contributed by atoms with Crippen LogP contribution in [0.1, 0.15) is 27.2 Å². The van der Waals surface area contributed by atoms with Crippen LogP contribution in [0, 0.1) is 5.92 Å². The Morgan fingerprint density at radius 1 is 1.19 bits per heavy atom. The van der Waals surface area contributed by atoms with E-state index in [-0.39, 0.29) is 17.7 Å². The first-order valence-corrected chi connectivity index (χ1v) is 9.32. The lowest BCUT2D eigenvalue weighted by molar-refractivity contribution is -0.126. The molecule has 0 aliphatic heterocycles. The quantitative estimate of drug-likeness (QED) is 0.777. The van der Waals surface area contributed by atoms with Crippen LogP contribution in [0.5, 0.6) is 0 Å². The third-order valence-corrected chi connectivity index (χ3v) is 5.03. The number of hydrogen-bond acceptors (Lipinski definition) is 6. The lowest BCUT2D eigenvalue weighted by Gasteiger charge is -2.22. The normalized spacial score (nSPS) is 13.0. The monoisotopic (exact) mass is 375 g/mol. The van der Waals surface area contributed by atoms with E-state index < -0.39 is 6.04 Å². The molecule has 1 aromatic carbocycles. The van der Waals surface area contributed by atoms with Crippen LogP contribution in [0.4, 0.5) is 10.8 Å². The van der Waals surface area contributed by atoms with Gasteiger partial charge in [0.05, 0.1) is 0 Å². The summed E-state index contributed by atoms with van der Waals surface area (Å²) in [6.45, 7) is 5.31. The highest BCUT2D eigenvalue weighted by atomic mass is 32.1. The van der Waals surface area contributed by atoms with Crippen molar-refractivity contribution in [3.63, 3.8) is 0 Å². The second kappa shape index (κ2) is 8.75. The summed E-state index contributed by atoms with van der Waals surface area (Å²) in [6, 6.07) is 7.36. The zero-order valence-corrected chi connectivity index (χ0v) is 16.6. The van der Waals surface area contributed by atoms with E-state index in [9.17, 15) is 9.59 Å². The lowest BCUT2D eigenvalue weighted by Crippen LogP contribution is -2.46. The number of amides is 2. The highest BCUT2D eigenvalue weighted by molar-refractivity contribution is 7.18. The average molecular weight is 375 g/mol. The third kappa shape index (κ3) is 5.01. The van der Waals surface area contributed by atoms with Gasteiger partial charge in [0, 0.05) is 32.3 Å². The SMILES string of the molecule is CC[C@H](C)[C@@H](NC(C)=O)C(=O)Nc1nnc(-c2ccc(N(C)C)cc2)s1. The lowest BCUT2D eigenvalue weighted by atomic mass is 9.98. The van der Waals surface area contributed by atoms with Crippen LogP contribution in [0.3, 0.4) is 0 Å². The van der Waals surface area contributed by atoms with E-state index in [0.717, 1.165) is 22.7 Å². The van der Waals surface area contributed by atoms with Crippen LogP contribution in [0.25, 0.3) is 10.6 Å². The highest BCUT2D eigenvalue weighted by Crippen LogP contribution is 2.28. The minimum absolute atomic E-state index is 0.0184. The van der Waals surface area contributed by atoms with E-state index in [1.165, 1.54) is 18.3 Å². The zero-order chi connectivity index (χ0) is 19.3. The molecule has 0 radical (unpaired) electrons. The number of nitrogens with one attached hydrogen (secondary N) is 2. The smallest absolute Gasteiger partial charge is 0.249 e. The van der Waals surface area contributed by atoms with Crippen LogP contribution >= 0.6 is 11.3 Å². The van der Waals surface area contributed by atoms with E-state index in [1.54, 1.807) is 0 Å². The van der Waals surface area contributed by atoms with E-state index in [0.29, 0.717) is 5.13 Å². The largest absolute Gasteiger partial charge is 0.378 e. The van der Waals surface area contributed by atoms with Gasteiger partial charge in [-0.25, -0.2) is 0 Å². The van der Waals surface area contributed by atoms with Crippen molar-refractivity contribution in [2.45, 2.75) is 33.2 Å². The predicted molar refractivity (Wildman–Crippen MR) is 105 cm³/mol. The van der Waals surface area contributed by atoms with Crippen LogP contribution in [0.15, 0.2) is 24.3 Å². The standard InChI is InChI=1S/C18H25N5O2S/c1-6-11(2)15(19-12(3)24)16(25)20-18-22-21-17(26-18)13-7-9-14(10-8-13)23(4)5/h7-11,15H,6H2,1-5H3,(H,19,24)(H,20,22,25)/t11-,15+/m0/s1. The molecule has 0 bridgehead atoms. The number of carbonyl (C=O) groups is 2. The molecule has 0 aliphatic carbocycles. The van der Waals surface area contributed by atoms with Gasteiger partial charge in [-0.1, -0.05) is 31.6 Å². The van der Waals surface area contributed by atoms with Crippen molar-refractivity contribution in [2.24, 2.45) is 5.92 Å². The number of nitrogens with zero attached hydrogens (tertiary/aromatic N) is 3. The maximum Gasteiger partial charge on any atom is 0.249 e. The van der Waals surface area contributed by atoms with Crippen LogP contribution in [-0.2, 0) is 9.59 Å². The summed E-state index contributed by atoms with van der Waals surface area (Å²) in [5, 5.41) is 14.8. The summed E-state index contributed by atoms with van der Waals surface area (Å²) in [7, 11) is 3.97. The minimum Gasteiger partial charge on any atom is -0.378 e. The van der Waals surface area contributed by atoms with Crippen LogP contribution in [-0.4, -0.2) is 42.1 Å². The molecular formula is C18H25N5O2S. The molecule has 2 amide bonds. The molecule has 8 heteroatoms. The van der Waals surface area contributed by atoms with E-state index in [4.69, 9.17) is 0 Å². The zero-order valence-electron chi connectivity index (χ0n) is 15.7. The molecular weight excluding hydrogens is 350 g/mol. The Bertz CT molecular complexity index is 757. The van der Waals surface area contributed by atoms with E-state index in [1.807, 2.05) is 57.1 Å². The molecule has 26 heavy (non-hydrogen) atoms. The number of anilines is 2. The number of carbonyl (C=O) groups excluding carboxylic acids is 2. The van der Waals surface area contributed by atoms with Crippen molar-refractivity contribution >= 4 is 34.0 Å². The van der Waals surface area contributed by atoms with Crippen molar-refractivity contribution < 1.29 is 9.59 Å². The summed E-state index contributed by atoms with van der Waals surface area (Å²) < 4.78 is 0. The first-order chi connectivity index (χ1) is 12.3. The molecule has 0 spiro atoms. The second-order valence-corrected chi connectivity index (χ2v) is 7.38. The highest BCUT2D eigenvalue weighted by Gasteiger charge is 2.25. The van der Waals surface area contributed by atoms with Crippen molar-refractivity contribution in [1.29, 1.82) is 0 Å². The van der Waals surface area contributed by atoms with Crippen molar-refractivity contribution in [1.82, 2.24) is 15.5 Å². The van der Waals surface area contributed by atoms with Gasteiger partial charge in [-0.15, -0.1) is 10.2 Å². The van der Waals surface area contributed by atoms with Gasteiger partial charge in [-0.05, 0) is 30.2 Å². The van der Waals surface area contributed by atoms with Gasteiger partial charge in [-0.3, -0.25) is 14.9 Å². The minimum atomic E-state index is -0.593. The Morgan fingerprint density at radius 2 is 1.85 bits per heavy atom. The Hall–Kier alpha value is -2.48. The van der Waals surface area contributed by atoms with Crippen LogP contribution < -0.4 is 15.5 Å². The Labute approximate surface area is 157 Å². The van der Waals surface area contributed by atoms with Gasteiger partial charge in [0.2, 0.25) is 16.9 Å². The molecule has 1 heterocycles. The maximum atomic E-state index is 12.5. The van der Waals surface area contributed by atoms with Gasteiger partial charge in [0.15, 0.2) is 0 Å². The van der Waals surface area contributed by atoms with Gasteiger partial charge in [-0.2, -0.15) is 0 Å². The molecule has 0 saturated carbocycles. The molecule has 0 aliphatic rings. The average Bonchev–Trinajstić information content (AvgIpc) is 3.07. The van der Waals surface area contributed by atoms with Crippen molar-refractivity contribution in [2.75, 3.05) is 24.3 Å². The third-order valence-electron chi connectivity index (χ3n) is 4.14. The molecule has 2 aromatic rings. The van der Waals surface area contributed by atoms with Gasteiger partial charge >= 0.3 is 0 Å². The molecule has 2 N–H and O–H groups in total. The molecule has 0 fully saturated rings. The van der Waals surface area contributed by atoms with Gasteiger partial charge < -0.3 is 10.2 Å². The van der Waals surface area contributed by atoms with Crippen LogP contribution in [0.2, 0.25) is 0 Å². The summed E-state index contributed by atoms with van der Waals surface area (Å²) in [5.41, 5.74) is 2.03. The fourth-order valence-electron chi connectivity index (χ4n) is 2.40. The first-order valence-electron chi connectivity index (χ1n) is 8.51. The summed E-state index contributed by atoms with van der Waals surface area (Å²) >= 11 is 1.30. The topological polar surface area (TPSA) is 87.2 Å². The Morgan fingerprint density at radius 3 is 2.38 bits per heavy atom. The Kier molecular flexibility index (Phi) is 6.68. The predicted octanol–water partition coefficient (Wildman–Crippen LogP) is 2.76. The molecule has 7 nitrogen and oxygen atoms in total. The molecule has 2 atom stereocenters. The summed E-state index contributed by atoms with van der Waals surface area (Å²) in [6.07, 6.45) is 0.776. The molecule has 140 valence electrons. The number of rotatable bonds is 7. The number of aromatic nitrogens is 2. The van der Waals surface area contributed by atoms with E-state index in [2.05, 4.69) is 20.8 Å². The fourth-order valence-corrected chi connectivity index (χ4v) is 3.15. The number of benzene rings is 1. The van der Waals surface area contributed by atoms with E-state index >= 15 is 0 Å². The summed E-state index contributed by atoms with van der Waals surface area (Å²) in [5.74, 6) is -0.491. The second-order valence-electron chi connectivity index (χ2n) is 6.41. The fraction of sp³-hybridized carbons (Fsp3) is 0.444. The molecule has 1 aromatic heterocycles. The Balaban J connectivity index is 2.11. The van der Waals surface area contributed by atoms with Gasteiger partial charge in [0.25, 0.3) is 0 Å². The first kappa shape index (κ1) is 19.8. The molecule has 2 rings (SSSR count). The molecule has 0 saturated heterocycles.